The van der Waals surface area contributed by atoms with Crippen molar-refractivity contribution in [1.29, 1.82) is 0 Å². The number of nitrogens with one attached hydrogen (secondary N) is 1. The van der Waals surface area contributed by atoms with Gasteiger partial charge in [-0.05, 0) is 37.9 Å². The van der Waals surface area contributed by atoms with E-state index in [0.29, 0.717) is 12.3 Å². The van der Waals surface area contributed by atoms with Gasteiger partial charge in [0.1, 0.15) is 0 Å². The molecule has 0 aliphatic carbocycles. The molecule has 0 unspecified atom stereocenters. The largest absolute Gasteiger partial charge is 0.355 e. The van der Waals surface area contributed by atoms with Crippen LogP contribution in [0.4, 0.5) is 0 Å². The van der Waals surface area contributed by atoms with Gasteiger partial charge in [0.15, 0.2) is 0 Å². The number of thioether (sulfide) groups is 1. The number of unbranched alkanes of at least 4 members (excludes halogenated alkanes) is 1. The zero-order chi connectivity index (χ0) is 12.5. The summed E-state index contributed by atoms with van der Waals surface area (Å²) in [6, 6.07) is 8.10. The Labute approximate surface area is 119 Å². The van der Waals surface area contributed by atoms with Gasteiger partial charge in [0, 0.05) is 11.4 Å². The SMILES string of the molecule is Cc1ccccc1SCC(=O)NCCCCN.Cl. The highest BCUT2D eigenvalue weighted by molar-refractivity contribution is 8.00. The van der Waals surface area contributed by atoms with Crippen LogP contribution in [0.1, 0.15) is 18.4 Å². The fourth-order valence-electron chi connectivity index (χ4n) is 1.41. The Balaban J connectivity index is 0.00000289. The van der Waals surface area contributed by atoms with Crippen LogP contribution < -0.4 is 11.1 Å². The zero-order valence-corrected chi connectivity index (χ0v) is 12.3. The summed E-state index contributed by atoms with van der Waals surface area (Å²) >= 11 is 1.58. The first-order chi connectivity index (χ1) is 8.24. The molecule has 0 heterocycles. The Morgan fingerprint density at radius 1 is 1.33 bits per heavy atom. The lowest BCUT2D eigenvalue weighted by Crippen LogP contribution is -2.26. The van der Waals surface area contributed by atoms with Crippen molar-refractivity contribution in [1.82, 2.24) is 5.32 Å². The summed E-state index contributed by atoms with van der Waals surface area (Å²) in [5.41, 5.74) is 6.60. The van der Waals surface area contributed by atoms with Crippen LogP contribution in [0.25, 0.3) is 0 Å². The zero-order valence-electron chi connectivity index (χ0n) is 10.6. The third-order valence-electron chi connectivity index (χ3n) is 2.41. The molecule has 0 bridgehead atoms. The Morgan fingerprint density at radius 2 is 2.06 bits per heavy atom. The van der Waals surface area contributed by atoms with Crippen molar-refractivity contribution in [3.8, 4) is 0 Å². The summed E-state index contributed by atoms with van der Waals surface area (Å²) in [5.74, 6) is 0.572. The van der Waals surface area contributed by atoms with Crippen LogP contribution in [-0.4, -0.2) is 24.7 Å². The molecule has 0 saturated carbocycles. The van der Waals surface area contributed by atoms with Crippen LogP contribution >= 0.6 is 24.2 Å². The Kier molecular flexibility index (Phi) is 9.83. The molecule has 1 aromatic carbocycles. The van der Waals surface area contributed by atoms with Gasteiger partial charge in [-0.3, -0.25) is 4.79 Å². The maximum Gasteiger partial charge on any atom is 0.230 e. The van der Waals surface area contributed by atoms with Crippen LogP contribution in [0.15, 0.2) is 29.2 Å². The number of hydrogen-bond donors (Lipinski definition) is 2. The van der Waals surface area contributed by atoms with Gasteiger partial charge < -0.3 is 11.1 Å². The van der Waals surface area contributed by atoms with E-state index in [4.69, 9.17) is 5.73 Å². The number of amides is 1. The minimum absolute atomic E-state index is 0. The summed E-state index contributed by atoms with van der Waals surface area (Å²) in [6.07, 6.45) is 1.92. The summed E-state index contributed by atoms with van der Waals surface area (Å²) in [4.78, 5) is 12.7. The van der Waals surface area contributed by atoms with Gasteiger partial charge in [0.2, 0.25) is 5.91 Å². The van der Waals surface area contributed by atoms with Gasteiger partial charge in [0.05, 0.1) is 5.75 Å². The summed E-state index contributed by atoms with van der Waals surface area (Å²) in [5, 5.41) is 2.89. The van der Waals surface area contributed by atoms with E-state index >= 15 is 0 Å². The molecule has 3 N–H and O–H groups in total. The number of aryl methyl sites for hydroxylation is 1. The number of nitrogens with two attached hydrogens (primary N) is 1. The van der Waals surface area contributed by atoms with Gasteiger partial charge in [0.25, 0.3) is 0 Å². The molecule has 0 atom stereocenters. The first-order valence-corrected chi connectivity index (χ1v) is 6.88. The van der Waals surface area contributed by atoms with Crippen molar-refractivity contribution in [3.05, 3.63) is 29.8 Å². The molecule has 3 nitrogen and oxygen atoms in total. The third kappa shape index (κ3) is 6.89. The highest BCUT2D eigenvalue weighted by Gasteiger charge is 2.03. The van der Waals surface area contributed by atoms with E-state index < -0.39 is 0 Å². The second kappa shape index (κ2) is 10.2. The van der Waals surface area contributed by atoms with Crippen LogP contribution in [0.5, 0.6) is 0 Å². The lowest BCUT2D eigenvalue weighted by Gasteiger charge is -2.06. The van der Waals surface area contributed by atoms with Crippen molar-refractivity contribution in [3.63, 3.8) is 0 Å². The molecule has 0 radical (unpaired) electrons. The fraction of sp³-hybridized carbons (Fsp3) is 0.462. The van der Waals surface area contributed by atoms with Gasteiger partial charge in [-0.15, -0.1) is 24.2 Å². The standard InChI is InChI=1S/C13H20N2OS.ClH/c1-11-6-2-3-7-12(11)17-10-13(16)15-9-5-4-8-14;/h2-3,6-7H,4-5,8-10,14H2,1H3,(H,15,16);1H. The van der Waals surface area contributed by atoms with E-state index in [1.165, 1.54) is 10.5 Å². The molecule has 0 aromatic heterocycles. The smallest absolute Gasteiger partial charge is 0.230 e. The Bertz CT molecular complexity index is 361. The molecular weight excluding hydrogens is 268 g/mol. The molecule has 0 fully saturated rings. The predicted octanol–water partition coefficient (Wildman–Crippen LogP) is 2.36. The van der Waals surface area contributed by atoms with E-state index in [-0.39, 0.29) is 18.3 Å². The normalized spacial score (nSPS) is 9.67. The highest BCUT2D eigenvalue weighted by Crippen LogP contribution is 2.21. The van der Waals surface area contributed by atoms with Crippen molar-refractivity contribution >= 4 is 30.1 Å². The molecule has 1 amide bonds. The van der Waals surface area contributed by atoms with Crippen LogP contribution in [-0.2, 0) is 4.79 Å². The van der Waals surface area contributed by atoms with E-state index in [2.05, 4.69) is 18.3 Å². The minimum Gasteiger partial charge on any atom is -0.355 e. The first kappa shape index (κ1) is 17.3. The minimum atomic E-state index is 0. The topological polar surface area (TPSA) is 55.1 Å². The molecule has 18 heavy (non-hydrogen) atoms. The monoisotopic (exact) mass is 288 g/mol. The lowest BCUT2D eigenvalue weighted by atomic mass is 10.2. The number of hydrogen-bond acceptors (Lipinski definition) is 3. The molecule has 0 aliphatic heterocycles. The molecule has 0 aliphatic rings. The summed E-state index contributed by atoms with van der Waals surface area (Å²) in [6.45, 7) is 3.47. The van der Waals surface area contributed by atoms with Crippen molar-refractivity contribution in [2.75, 3.05) is 18.8 Å². The molecule has 1 aromatic rings. The maximum absolute atomic E-state index is 11.5. The van der Waals surface area contributed by atoms with Crippen molar-refractivity contribution in [2.24, 2.45) is 5.73 Å². The molecule has 1 rings (SSSR count). The van der Waals surface area contributed by atoms with Crippen LogP contribution in [0.2, 0.25) is 0 Å². The fourth-order valence-corrected chi connectivity index (χ4v) is 2.27. The third-order valence-corrected chi connectivity index (χ3v) is 3.58. The number of carbonyl (C=O) groups excluding carboxylic acids is 1. The number of carbonyl (C=O) groups is 1. The van der Waals surface area contributed by atoms with Crippen LogP contribution in [0.3, 0.4) is 0 Å². The van der Waals surface area contributed by atoms with Crippen molar-refractivity contribution < 1.29 is 4.79 Å². The molecule has 102 valence electrons. The Hall–Kier alpha value is -0.710. The van der Waals surface area contributed by atoms with Crippen LogP contribution in [0, 0.1) is 6.92 Å². The number of halogens is 1. The van der Waals surface area contributed by atoms with Gasteiger partial charge >= 0.3 is 0 Å². The highest BCUT2D eigenvalue weighted by atomic mass is 35.5. The van der Waals surface area contributed by atoms with E-state index in [1.807, 2.05) is 18.2 Å². The Morgan fingerprint density at radius 3 is 2.72 bits per heavy atom. The van der Waals surface area contributed by atoms with Gasteiger partial charge in [-0.1, -0.05) is 18.2 Å². The van der Waals surface area contributed by atoms with Gasteiger partial charge in [-0.25, -0.2) is 0 Å². The average molecular weight is 289 g/mol. The molecular formula is C13H21ClN2OS. The average Bonchev–Trinajstić information content (AvgIpc) is 2.34. The van der Waals surface area contributed by atoms with E-state index in [9.17, 15) is 4.79 Å². The summed E-state index contributed by atoms with van der Waals surface area (Å²) < 4.78 is 0. The number of rotatable bonds is 7. The lowest BCUT2D eigenvalue weighted by molar-refractivity contribution is -0.118. The first-order valence-electron chi connectivity index (χ1n) is 5.89. The molecule has 0 spiro atoms. The predicted molar refractivity (Wildman–Crippen MR) is 80.4 cm³/mol. The van der Waals surface area contributed by atoms with Crippen molar-refractivity contribution in [2.45, 2.75) is 24.7 Å². The quantitative estimate of drug-likeness (QED) is 0.598. The van der Waals surface area contributed by atoms with E-state index in [0.717, 1.165) is 19.4 Å². The maximum atomic E-state index is 11.5. The second-order valence-electron chi connectivity index (χ2n) is 3.90. The summed E-state index contributed by atoms with van der Waals surface area (Å²) in [7, 11) is 0. The second-order valence-corrected chi connectivity index (χ2v) is 4.92. The molecule has 0 saturated heterocycles. The van der Waals surface area contributed by atoms with Gasteiger partial charge in [-0.2, -0.15) is 0 Å². The number of benzene rings is 1. The molecule has 5 heteroatoms. The van der Waals surface area contributed by atoms with E-state index in [1.54, 1.807) is 11.8 Å².